The van der Waals surface area contributed by atoms with Crippen LogP contribution in [0.4, 0.5) is 0 Å². The number of hydrogen-bond acceptors (Lipinski definition) is 0. The molecule has 31 heavy (non-hydrogen) atoms. The van der Waals surface area contributed by atoms with Gasteiger partial charge in [0.25, 0.3) is 0 Å². The molecule has 0 amide bonds. The minimum absolute atomic E-state index is 0.312. The predicted octanol–water partition coefficient (Wildman–Crippen LogP) is 5.97. The number of benzene rings is 2. The second-order valence-corrected chi connectivity index (χ2v) is 8.67. The molecule has 2 aromatic carbocycles. The predicted molar refractivity (Wildman–Crippen MR) is 134 cm³/mol. The fourth-order valence-electron chi connectivity index (χ4n) is 6.01. The quantitative estimate of drug-likeness (QED) is 0.473. The molecule has 2 aliphatic rings. The Labute approximate surface area is 185 Å². The lowest BCUT2D eigenvalue weighted by atomic mass is 9.65. The van der Waals surface area contributed by atoms with E-state index in [2.05, 4.69) is 105 Å². The van der Waals surface area contributed by atoms with E-state index in [0.29, 0.717) is 0 Å². The Bertz CT molecular complexity index is 1350. The first kappa shape index (κ1) is 19.6. The molecule has 0 bridgehead atoms. The van der Waals surface area contributed by atoms with Gasteiger partial charge in [-0.1, -0.05) is 85.5 Å². The maximum absolute atomic E-state index is 4.60. The highest BCUT2D eigenvalue weighted by molar-refractivity contribution is 5.91. The zero-order chi connectivity index (χ0) is 21.8. The Kier molecular flexibility index (Phi) is 4.51. The highest BCUT2D eigenvalue weighted by atomic mass is 14.9. The van der Waals surface area contributed by atoms with Crippen molar-refractivity contribution in [1.82, 2.24) is 4.57 Å². The third-order valence-corrected chi connectivity index (χ3v) is 7.12. The van der Waals surface area contributed by atoms with Crippen LogP contribution < -0.4 is 10.6 Å². The second-order valence-electron chi connectivity index (χ2n) is 8.67. The number of fused-ring (bicyclic) bond motifs is 4. The molecule has 0 radical (unpaired) electrons. The molecule has 0 aliphatic heterocycles. The SMILES string of the molecule is C=Cc1c(/C=C\C)n(C)c2c1=CCCC=2C1(C(=C)C)c2ccccc2-c2ccccc21. The van der Waals surface area contributed by atoms with Gasteiger partial charge in [-0.05, 0) is 60.6 Å². The molecule has 1 nitrogen and oxygen atoms in total. The van der Waals surface area contributed by atoms with Crippen LogP contribution in [-0.2, 0) is 12.5 Å². The van der Waals surface area contributed by atoms with Crippen LogP contribution in [0, 0.1) is 0 Å². The van der Waals surface area contributed by atoms with Crippen molar-refractivity contribution < 1.29 is 0 Å². The monoisotopic (exact) mass is 403 g/mol. The summed E-state index contributed by atoms with van der Waals surface area (Å²) in [5, 5.41) is 2.64. The average molecular weight is 404 g/mol. The molecule has 0 N–H and O–H groups in total. The average Bonchev–Trinajstić information content (AvgIpc) is 3.24. The number of nitrogens with zero attached hydrogens (tertiary/aromatic N) is 1. The van der Waals surface area contributed by atoms with Crippen molar-refractivity contribution in [3.05, 3.63) is 106 Å². The number of hydrogen-bond donors (Lipinski definition) is 0. The Morgan fingerprint density at radius 2 is 1.65 bits per heavy atom. The van der Waals surface area contributed by atoms with Crippen LogP contribution in [0.3, 0.4) is 0 Å². The zero-order valence-corrected chi connectivity index (χ0v) is 18.7. The minimum atomic E-state index is -0.312. The fraction of sp³-hybridized carbons (Fsp3) is 0.200. The van der Waals surface area contributed by atoms with E-state index in [-0.39, 0.29) is 5.41 Å². The molecule has 2 aliphatic carbocycles. The first-order valence-corrected chi connectivity index (χ1v) is 11.1. The van der Waals surface area contributed by atoms with E-state index >= 15 is 0 Å². The molecule has 1 heterocycles. The number of allylic oxidation sites excluding steroid dienone is 2. The normalized spacial score (nSPS) is 15.9. The lowest BCUT2D eigenvalue weighted by Crippen LogP contribution is -2.42. The molecule has 1 heteroatoms. The van der Waals surface area contributed by atoms with Crippen molar-refractivity contribution in [2.75, 3.05) is 0 Å². The van der Waals surface area contributed by atoms with Crippen molar-refractivity contribution in [1.29, 1.82) is 0 Å². The second kappa shape index (κ2) is 7.13. The van der Waals surface area contributed by atoms with E-state index in [1.54, 1.807) is 0 Å². The molecule has 0 saturated carbocycles. The molecule has 154 valence electrons. The standard InChI is InChI=1S/C30H29N/c1-6-13-28-21(7-2)24-16-12-19-27(29(24)31(28)5)30(20(3)4)25-17-10-8-14-22(25)23-15-9-11-18-26(23)30/h6-11,13-18H,2-3,12,19H2,1,4-5H3/b13-6-. The van der Waals surface area contributed by atoms with E-state index in [0.717, 1.165) is 12.8 Å². The summed E-state index contributed by atoms with van der Waals surface area (Å²) >= 11 is 0. The molecule has 5 rings (SSSR count). The van der Waals surface area contributed by atoms with Gasteiger partial charge in [0.05, 0.1) is 5.41 Å². The van der Waals surface area contributed by atoms with Crippen molar-refractivity contribution in [2.24, 2.45) is 7.05 Å². The summed E-state index contributed by atoms with van der Waals surface area (Å²) in [5.74, 6) is 0. The maximum Gasteiger partial charge on any atom is 0.0651 e. The third kappa shape index (κ3) is 2.44. The molecule has 0 saturated heterocycles. The van der Waals surface area contributed by atoms with Gasteiger partial charge in [0.2, 0.25) is 0 Å². The first-order chi connectivity index (χ1) is 15.1. The van der Waals surface area contributed by atoms with Crippen LogP contribution in [0.2, 0.25) is 0 Å². The Balaban J connectivity index is 2.03. The maximum atomic E-state index is 4.60. The van der Waals surface area contributed by atoms with E-state index in [1.807, 2.05) is 6.08 Å². The molecule has 0 fully saturated rings. The van der Waals surface area contributed by atoms with Crippen LogP contribution in [-0.4, -0.2) is 4.57 Å². The highest BCUT2D eigenvalue weighted by Crippen LogP contribution is 2.57. The minimum Gasteiger partial charge on any atom is -0.344 e. The topological polar surface area (TPSA) is 4.93 Å². The summed E-state index contributed by atoms with van der Waals surface area (Å²) in [6.45, 7) is 13.0. The van der Waals surface area contributed by atoms with Crippen LogP contribution in [0.15, 0.2) is 73.3 Å². The van der Waals surface area contributed by atoms with Crippen molar-refractivity contribution in [3.63, 3.8) is 0 Å². The summed E-state index contributed by atoms with van der Waals surface area (Å²) in [7, 11) is 2.19. The summed E-state index contributed by atoms with van der Waals surface area (Å²) in [4.78, 5) is 0. The highest BCUT2D eigenvalue weighted by Gasteiger charge is 2.47. The Morgan fingerprint density at radius 3 is 2.19 bits per heavy atom. The van der Waals surface area contributed by atoms with E-state index < -0.39 is 0 Å². The molecule has 0 atom stereocenters. The van der Waals surface area contributed by atoms with Gasteiger partial charge in [-0.25, -0.2) is 0 Å². The van der Waals surface area contributed by atoms with Crippen LogP contribution in [0.5, 0.6) is 0 Å². The Hall–Kier alpha value is -3.32. The van der Waals surface area contributed by atoms with Crippen LogP contribution in [0.25, 0.3) is 34.9 Å². The summed E-state index contributed by atoms with van der Waals surface area (Å²) in [6, 6.07) is 17.8. The van der Waals surface area contributed by atoms with Gasteiger partial charge in [0.15, 0.2) is 0 Å². The van der Waals surface area contributed by atoms with Crippen LogP contribution in [0.1, 0.15) is 49.1 Å². The van der Waals surface area contributed by atoms with Gasteiger partial charge in [-0.3, -0.25) is 0 Å². The Morgan fingerprint density at radius 1 is 1.03 bits per heavy atom. The molecular formula is C30H29N. The van der Waals surface area contributed by atoms with Crippen LogP contribution >= 0.6 is 0 Å². The van der Waals surface area contributed by atoms with Gasteiger partial charge < -0.3 is 4.57 Å². The summed E-state index contributed by atoms with van der Waals surface area (Å²) in [5.41, 5.74) is 10.2. The van der Waals surface area contributed by atoms with Gasteiger partial charge in [-0.15, -0.1) is 0 Å². The lowest BCUT2D eigenvalue weighted by Gasteiger charge is -2.36. The molecule has 1 aromatic heterocycles. The number of aromatic nitrogens is 1. The van der Waals surface area contributed by atoms with Crippen molar-refractivity contribution in [2.45, 2.75) is 32.1 Å². The first-order valence-electron chi connectivity index (χ1n) is 11.1. The van der Waals surface area contributed by atoms with Gasteiger partial charge in [0, 0.05) is 28.9 Å². The van der Waals surface area contributed by atoms with Gasteiger partial charge in [-0.2, -0.15) is 0 Å². The molecule has 0 unspecified atom stereocenters. The zero-order valence-electron chi connectivity index (χ0n) is 18.7. The van der Waals surface area contributed by atoms with Crippen molar-refractivity contribution >= 4 is 23.8 Å². The van der Waals surface area contributed by atoms with E-state index in [1.165, 1.54) is 55.2 Å². The smallest absolute Gasteiger partial charge is 0.0651 e. The third-order valence-electron chi connectivity index (χ3n) is 7.12. The number of rotatable bonds is 4. The molecule has 3 aromatic rings. The summed E-state index contributed by atoms with van der Waals surface area (Å²) in [6.07, 6.45) is 10.8. The fourth-order valence-corrected chi connectivity index (χ4v) is 6.01. The van der Waals surface area contributed by atoms with Gasteiger partial charge >= 0.3 is 0 Å². The summed E-state index contributed by atoms with van der Waals surface area (Å²) < 4.78 is 2.37. The molecular weight excluding hydrogens is 374 g/mol. The molecule has 0 spiro atoms. The van der Waals surface area contributed by atoms with E-state index in [9.17, 15) is 0 Å². The lowest BCUT2D eigenvalue weighted by molar-refractivity contribution is 0.737. The van der Waals surface area contributed by atoms with Crippen molar-refractivity contribution in [3.8, 4) is 11.1 Å². The van der Waals surface area contributed by atoms with Gasteiger partial charge in [0.1, 0.15) is 0 Å². The van der Waals surface area contributed by atoms with E-state index in [4.69, 9.17) is 0 Å². The largest absolute Gasteiger partial charge is 0.344 e.